The van der Waals surface area contributed by atoms with E-state index in [4.69, 9.17) is 4.52 Å². The van der Waals surface area contributed by atoms with E-state index in [0.717, 1.165) is 42.5 Å². The molecule has 0 spiro atoms. The van der Waals surface area contributed by atoms with Gasteiger partial charge < -0.3 is 9.84 Å². The molecule has 1 aromatic heterocycles. The number of hydrogen-bond donors (Lipinski definition) is 1. The van der Waals surface area contributed by atoms with Crippen LogP contribution in [0.25, 0.3) is 0 Å². The first-order chi connectivity index (χ1) is 11.5. The molecule has 2 aromatic rings. The lowest BCUT2D eigenvalue weighted by atomic mass is 9.78. The summed E-state index contributed by atoms with van der Waals surface area (Å²) in [6.45, 7) is 4.25. The quantitative estimate of drug-likeness (QED) is 0.911. The molecule has 1 fully saturated rings. The number of amides is 1. The number of rotatable bonds is 5. The lowest BCUT2D eigenvalue weighted by Crippen LogP contribution is -2.39. The minimum atomic E-state index is -0.227. The summed E-state index contributed by atoms with van der Waals surface area (Å²) in [5.41, 5.74) is 2.65. The Morgan fingerprint density at radius 3 is 2.50 bits per heavy atom. The van der Waals surface area contributed by atoms with E-state index in [1.165, 1.54) is 12.1 Å². The van der Waals surface area contributed by atoms with Crippen molar-refractivity contribution in [2.24, 2.45) is 0 Å². The van der Waals surface area contributed by atoms with Crippen LogP contribution in [0.4, 0.5) is 4.39 Å². The summed E-state index contributed by atoms with van der Waals surface area (Å²) in [4.78, 5) is 12.4. The van der Waals surface area contributed by atoms with Crippen LogP contribution in [0, 0.1) is 19.7 Å². The maximum atomic E-state index is 13.2. The zero-order valence-corrected chi connectivity index (χ0v) is 14.2. The van der Waals surface area contributed by atoms with E-state index in [-0.39, 0.29) is 23.6 Å². The van der Waals surface area contributed by atoms with Crippen LogP contribution in [-0.4, -0.2) is 17.6 Å². The van der Waals surface area contributed by atoms with Crippen LogP contribution in [0.5, 0.6) is 0 Å². The average molecular weight is 330 g/mol. The molecule has 4 nitrogen and oxygen atoms in total. The van der Waals surface area contributed by atoms with Gasteiger partial charge in [0, 0.05) is 17.5 Å². The molecule has 1 aromatic carbocycles. The number of halogens is 1. The number of carbonyl (C=O) groups is 1. The first kappa shape index (κ1) is 16.7. The van der Waals surface area contributed by atoms with Crippen molar-refractivity contribution in [2.75, 3.05) is 6.54 Å². The van der Waals surface area contributed by atoms with Gasteiger partial charge in [0.1, 0.15) is 11.6 Å². The first-order valence-corrected chi connectivity index (χ1v) is 8.45. The molecule has 0 saturated heterocycles. The van der Waals surface area contributed by atoms with Crippen LogP contribution in [0.15, 0.2) is 28.8 Å². The number of carbonyl (C=O) groups excluding carboxylic acids is 1. The highest BCUT2D eigenvalue weighted by Crippen LogP contribution is 2.40. The van der Waals surface area contributed by atoms with Gasteiger partial charge >= 0.3 is 0 Å². The zero-order chi connectivity index (χ0) is 17.2. The predicted molar refractivity (Wildman–Crippen MR) is 89.2 cm³/mol. The molecule has 5 heteroatoms. The number of nitrogens with one attached hydrogen (secondary N) is 1. The van der Waals surface area contributed by atoms with Gasteiger partial charge in [0.2, 0.25) is 5.91 Å². The number of aryl methyl sites for hydroxylation is 2. The lowest BCUT2D eigenvalue weighted by Gasteiger charge is -2.30. The summed E-state index contributed by atoms with van der Waals surface area (Å²) in [6.07, 6.45) is 4.59. The van der Waals surface area contributed by atoms with Crippen LogP contribution in [0.1, 0.15) is 48.3 Å². The molecular formula is C19H23FN2O2. The minimum absolute atomic E-state index is 0.0298. The largest absolute Gasteiger partial charge is 0.361 e. The fraction of sp³-hybridized carbons (Fsp3) is 0.474. The van der Waals surface area contributed by atoms with Crippen LogP contribution in [0.3, 0.4) is 0 Å². The standard InChI is InChI=1S/C19H23FN2O2/c1-13-17(14(2)24-22-13)11-18(23)21-12-19(9-3-4-10-19)15-5-7-16(20)8-6-15/h5-8H,3-4,9-12H2,1-2H3,(H,21,23). The van der Waals surface area contributed by atoms with Gasteiger partial charge in [-0.25, -0.2) is 4.39 Å². The van der Waals surface area contributed by atoms with Gasteiger partial charge in [-0.05, 0) is 44.4 Å². The van der Waals surface area contributed by atoms with E-state index in [2.05, 4.69) is 10.5 Å². The predicted octanol–water partition coefficient (Wildman–Crippen LogP) is 3.60. The van der Waals surface area contributed by atoms with Gasteiger partial charge in [-0.2, -0.15) is 0 Å². The molecule has 0 unspecified atom stereocenters. The van der Waals surface area contributed by atoms with Crippen molar-refractivity contribution in [1.29, 1.82) is 0 Å². The van der Waals surface area contributed by atoms with E-state index in [0.29, 0.717) is 12.3 Å². The summed E-state index contributed by atoms with van der Waals surface area (Å²) in [5.74, 6) is 0.434. The van der Waals surface area contributed by atoms with Crippen LogP contribution in [0.2, 0.25) is 0 Å². The summed E-state index contributed by atoms with van der Waals surface area (Å²) in [5, 5.41) is 6.95. The highest BCUT2D eigenvalue weighted by Gasteiger charge is 2.36. The Balaban J connectivity index is 1.68. The Kier molecular flexibility index (Phi) is 4.69. The molecule has 0 aliphatic heterocycles. The molecule has 24 heavy (non-hydrogen) atoms. The van der Waals surface area contributed by atoms with Gasteiger partial charge in [0.05, 0.1) is 12.1 Å². The average Bonchev–Trinajstić information content (AvgIpc) is 3.17. The SMILES string of the molecule is Cc1noc(C)c1CC(=O)NCC1(c2ccc(F)cc2)CCCC1. The van der Waals surface area contributed by atoms with E-state index in [9.17, 15) is 9.18 Å². The third kappa shape index (κ3) is 3.35. The fourth-order valence-electron chi connectivity index (χ4n) is 3.67. The number of hydrogen-bond acceptors (Lipinski definition) is 3. The van der Waals surface area contributed by atoms with Crippen LogP contribution >= 0.6 is 0 Å². The molecule has 3 rings (SSSR count). The van der Waals surface area contributed by atoms with Crippen molar-refractivity contribution in [2.45, 2.75) is 51.4 Å². The van der Waals surface area contributed by atoms with E-state index < -0.39 is 0 Å². The highest BCUT2D eigenvalue weighted by molar-refractivity contribution is 5.79. The molecule has 1 aliphatic rings. The van der Waals surface area contributed by atoms with Crippen molar-refractivity contribution >= 4 is 5.91 Å². The zero-order valence-electron chi connectivity index (χ0n) is 14.2. The Morgan fingerprint density at radius 2 is 1.92 bits per heavy atom. The molecule has 0 atom stereocenters. The smallest absolute Gasteiger partial charge is 0.224 e. The van der Waals surface area contributed by atoms with E-state index in [1.807, 2.05) is 26.0 Å². The van der Waals surface area contributed by atoms with E-state index in [1.54, 1.807) is 0 Å². The molecular weight excluding hydrogens is 307 g/mol. The van der Waals surface area contributed by atoms with Crippen molar-refractivity contribution in [3.8, 4) is 0 Å². The molecule has 1 amide bonds. The van der Waals surface area contributed by atoms with Crippen molar-refractivity contribution in [3.63, 3.8) is 0 Å². The topological polar surface area (TPSA) is 55.1 Å². The van der Waals surface area contributed by atoms with Crippen LogP contribution in [-0.2, 0) is 16.6 Å². The van der Waals surface area contributed by atoms with Gasteiger partial charge in [-0.3, -0.25) is 4.79 Å². The first-order valence-electron chi connectivity index (χ1n) is 8.45. The second-order valence-electron chi connectivity index (χ2n) is 6.75. The highest BCUT2D eigenvalue weighted by atomic mass is 19.1. The summed E-state index contributed by atoms with van der Waals surface area (Å²) in [6, 6.07) is 6.70. The monoisotopic (exact) mass is 330 g/mol. The second-order valence-corrected chi connectivity index (χ2v) is 6.75. The van der Waals surface area contributed by atoms with Gasteiger partial charge in [-0.15, -0.1) is 0 Å². The molecule has 1 aliphatic carbocycles. The van der Waals surface area contributed by atoms with E-state index >= 15 is 0 Å². The summed E-state index contributed by atoms with van der Waals surface area (Å²) >= 11 is 0. The van der Waals surface area contributed by atoms with Crippen molar-refractivity contribution in [1.82, 2.24) is 10.5 Å². The second kappa shape index (κ2) is 6.75. The Morgan fingerprint density at radius 1 is 1.25 bits per heavy atom. The maximum absolute atomic E-state index is 13.2. The third-order valence-corrected chi connectivity index (χ3v) is 5.16. The number of aromatic nitrogens is 1. The molecule has 128 valence electrons. The third-order valence-electron chi connectivity index (χ3n) is 5.16. The lowest BCUT2D eigenvalue weighted by molar-refractivity contribution is -0.120. The van der Waals surface area contributed by atoms with Crippen LogP contribution < -0.4 is 5.32 Å². The normalized spacial score (nSPS) is 16.3. The minimum Gasteiger partial charge on any atom is -0.361 e. The fourth-order valence-corrected chi connectivity index (χ4v) is 3.67. The Hall–Kier alpha value is -2.17. The van der Waals surface area contributed by atoms with Gasteiger partial charge in [-0.1, -0.05) is 30.1 Å². The van der Waals surface area contributed by atoms with Crippen molar-refractivity contribution in [3.05, 3.63) is 52.7 Å². The molecule has 1 N–H and O–H groups in total. The molecule has 0 bridgehead atoms. The molecule has 1 heterocycles. The summed E-state index contributed by atoms with van der Waals surface area (Å²) < 4.78 is 18.3. The Bertz CT molecular complexity index is 696. The summed E-state index contributed by atoms with van der Waals surface area (Å²) in [7, 11) is 0. The van der Waals surface area contributed by atoms with Gasteiger partial charge in [0.25, 0.3) is 0 Å². The maximum Gasteiger partial charge on any atom is 0.224 e. The number of nitrogens with zero attached hydrogens (tertiary/aromatic N) is 1. The number of benzene rings is 1. The molecule has 1 saturated carbocycles. The van der Waals surface area contributed by atoms with Gasteiger partial charge in [0.15, 0.2) is 0 Å². The Labute approximate surface area is 141 Å². The molecule has 0 radical (unpaired) electrons. The van der Waals surface area contributed by atoms with Crippen molar-refractivity contribution < 1.29 is 13.7 Å².